The highest BCUT2D eigenvalue weighted by Crippen LogP contribution is 2.38. The first kappa shape index (κ1) is 19.6. The fourth-order valence-corrected chi connectivity index (χ4v) is 2.37. The van der Waals surface area contributed by atoms with Crippen molar-refractivity contribution in [1.82, 2.24) is 5.32 Å². The van der Waals surface area contributed by atoms with Gasteiger partial charge in [-0.25, -0.2) is 0 Å². The van der Waals surface area contributed by atoms with Gasteiger partial charge in [0.25, 0.3) is 5.91 Å². The Bertz CT molecular complexity index is 559. The summed E-state index contributed by atoms with van der Waals surface area (Å²) in [7, 11) is 4.40. The van der Waals surface area contributed by atoms with Crippen LogP contribution in [-0.2, 0) is 4.79 Å². The van der Waals surface area contributed by atoms with Gasteiger partial charge in [-0.15, -0.1) is 0 Å². The van der Waals surface area contributed by atoms with E-state index in [4.69, 9.17) is 14.2 Å². The van der Waals surface area contributed by atoms with Crippen LogP contribution in [0.1, 0.15) is 30.6 Å². The number of carboxylic acid groups (broad SMARTS) is 1. The van der Waals surface area contributed by atoms with Gasteiger partial charge in [-0.2, -0.15) is 0 Å². The molecule has 0 saturated carbocycles. The Labute approximate surface area is 141 Å². The average Bonchev–Trinajstić information content (AvgIpc) is 2.56. The van der Waals surface area contributed by atoms with Gasteiger partial charge in [0.2, 0.25) is 5.75 Å². The zero-order valence-corrected chi connectivity index (χ0v) is 14.7. The number of benzene rings is 1. The maximum atomic E-state index is 12.3. The molecule has 1 aromatic carbocycles. The van der Waals surface area contributed by atoms with Crippen molar-refractivity contribution in [1.29, 1.82) is 0 Å². The lowest BCUT2D eigenvalue weighted by Crippen LogP contribution is -2.33. The molecule has 0 bridgehead atoms. The lowest BCUT2D eigenvalue weighted by atomic mass is 9.97. The molecule has 1 unspecified atom stereocenters. The smallest absolute Gasteiger partial charge is 0.308 e. The summed E-state index contributed by atoms with van der Waals surface area (Å²) in [5, 5.41) is 11.9. The van der Waals surface area contributed by atoms with Gasteiger partial charge >= 0.3 is 5.97 Å². The quantitative estimate of drug-likeness (QED) is 0.716. The number of methoxy groups -OCH3 is 3. The van der Waals surface area contributed by atoms with Crippen molar-refractivity contribution in [2.45, 2.75) is 20.3 Å². The van der Waals surface area contributed by atoms with Crippen molar-refractivity contribution in [3.05, 3.63) is 17.7 Å². The summed E-state index contributed by atoms with van der Waals surface area (Å²) >= 11 is 0. The molecular formula is C17H25NO6. The molecule has 0 aliphatic rings. The molecule has 0 spiro atoms. The summed E-state index contributed by atoms with van der Waals surface area (Å²) in [5.74, 6) is -0.615. The van der Waals surface area contributed by atoms with Gasteiger partial charge in [0.05, 0.1) is 27.2 Å². The Balaban J connectivity index is 2.93. The van der Waals surface area contributed by atoms with Gasteiger partial charge in [-0.1, -0.05) is 13.8 Å². The third kappa shape index (κ3) is 5.04. The van der Waals surface area contributed by atoms with Crippen LogP contribution in [0.25, 0.3) is 0 Å². The van der Waals surface area contributed by atoms with Crippen LogP contribution in [0.5, 0.6) is 17.2 Å². The fourth-order valence-electron chi connectivity index (χ4n) is 2.37. The molecule has 0 saturated heterocycles. The summed E-state index contributed by atoms with van der Waals surface area (Å²) in [6, 6.07) is 3.05. The fraction of sp³-hybridized carbons (Fsp3) is 0.529. The van der Waals surface area contributed by atoms with Crippen molar-refractivity contribution in [3.8, 4) is 17.2 Å². The van der Waals surface area contributed by atoms with Gasteiger partial charge in [0.15, 0.2) is 11.5 Å². The van der Waals surface area contributed by atoms with Crippen LogP contribution in [-0.4, -0.2) is 44.9 Å². The van der Waals surface area contributed by atoms with Crippen molar-refractivity contribution in [2.75, 3.05) is 27.9 Å². The Morgan fingerprint density at radius 2 is 1.62 bits per heavy atom. The van der Waals surface area contributed by atoms with Crippen LogP contribution < -0.4 is 19.5 Å². The molecule has 1 aromatic rings. The molecule has 2 N–H and O–H groups in total. The third-order valence-electron chi connectivity index (χ3n) is 3.54. The highest BCUT2D eigenvalue weighted by molar-refractivity contribution is 5.95. The first-order valence-corrected chi connectivity index (χ1v) is 7.65. The Hall–Kier alpha value is -2.44. The van der Waals surface area contributed by atoms with Crippen LogP contribution in [0.3, 0.4) is 0 Å². The minimum Gasteiger partial charge on any atom is -0.493 e. The lowest BCUT2D eigenvalue weighted by Gasteiger charge is -2.17. The van der Waals surface area contributed by atoms with Crippen molar-refractivity contribution in [3.63, 3.8) is 0 Å². The van der Waals surface area contributed by atoms with Gasteiger partial charge in [-0.05, 0) is 24.5 Å². The van der Waals surface area contributed by atoms with Gasteiger partial charge in [0, 0.05) is 12.1 Å². The topological polar surface area (TPSA) is 94.1 Å². The summed E-state index contributed by atoms with van der Waals surface area (Å²) in [6.07, 6.45) is 0.491. The summed E-state index contributed by atoms with van der Waals surface area (Å²) in [6.45, 7) is 3.94. The van der Waals surface area contributed by atoms with E-state index in [0.29, 0.717) is 29.2 Å². The zero-order valence-electron chi connectivity index (χ0n) is 14.7. The highest BCUT2D eigenvalue weighted by atomic mass is 16.5. The molecular weight excluding hydrogens is 314 g/mol. The van der Waals surface area contributed by atoms with Gasteiger partial charge in [0.1, 0.15) is 0 Å². The molecule has 134 valence electrons. The molecule has 1 rings (SSSR count). The molecule has 1 atom stereocenters. The number of carboxylic acids is 1. The number of carbonyl (C=O) groups excluding carboxylic acids is 1. The number of nitrogens with one attached hydrogen (secondary N) is 1. The number of aliphatic carboxylic acids is 1. The highest BCUT2D eigenvalue weighted by Gasteiger charge is 2.21. The Morgan fingerprint density at radius 3 is 2.00 bits per heavy atom. The van der Waals surface area contributed by atoms with Gasteiger partial charge < -0.3 is 24.6 Å². The zero-order chi connectivity index (χ0) is 18.3. The second-order valence-electron chi connectivity index (χ2n) is 5.79. The van der Waals surface area contributed by atoms with Crippen molar-refractivity contribution in [2.24, 2.45) is 11.8 Å². The van der Waals surface area contributed by atoms with Crippen molar-refractivity contribution < 1.29 is 28.9 Å². The van der Waals surface area contributed by atoms with E-state index >= 15 is 0 Å². The Kier molecular flexibility index (Phi) is 7.35. The number of amides is 1. The monoisotopic (exact) mass is 339 g/mol. The molecule has 0 aliphatic carbocycles. The molecule has 0 radical (unpaired) electrons. The Morgan fingerprint density at radius 1 is 1.08 bits per heavy atom. The number of hydrogen-bond donors (Lipinski definition) is 2. The van der Waals surface area contributed by atoms with Gasteiger partial charge in [-0.3, -0.25) is 9.59 Å². The number of rotatable bonds is 9. The number of hydrogen-bond acceptors (Lipinski definition) is 5. The standard InChI is InChI=1S/C17H25NO6/c1-10(2)6-12(17(20)21)9-18-16(19)11-7-13(22-3)15(24-5)14(8-11)23-4/h7-8,10,12H,6,9H2,1-5H3,(H,18,19)(H,20,21). The van der Waals surface area contributed by atoms with E-state index in [1.54, 1.807) is 0 Å². The minimum absolute atomic E-state index is 0.0585. The van der Waals surface area contributed by atoms with E-state index in [1.807, 2.05) is 13.8 Å². The van der Waals surface area contributed by atoms with Crippen molar-refractivity contribution >= 4 is 11.9 Å². The summed E-state index contributed by atoms with van der Waals surface area (Å²) in [4.78, 5) is 23.6. The predicted molar refractivity (Wildman–Crippen MR) is 89.0 cm³/mol. The number of ether oxygens (including phenoxy) is 3. The molecule has 7 heteroatoms. The largest absolute Gasteiger partial charge is 0.493 e. The first-order chi connectivity index (χ1) is 11.3. The molecule has 24 heavy (non-hydrogen) atoms. The second-order valence-corrected chi connectivity index (χ2v) is 5.79. The predicted octanol–water partition coefficient (Wildman–Crippen LogP) is 2.19. The molecule has 0 fully saturated rings. The van der Waals surface area contributed by atoms with E-state index < -0.39 is 17.8 Å². The third-order valence-corrected chi connectivity index (χ3v) is 3.54. The number of carbonyl (C=O) groups is 2. The van der Waals surface area contributed by atoms with E-state index in [1.165, 1.54) is 33.5 Å². The van der Waals surface area contributed by atoms with Crippen LogP contribution in [0.4, 0.5) is 0 Å². The van der Waals surface area contributed by atoms with Crippen LogP contribution in [0.2, 0.25) is 0 Å². The lowest BCUT2D eigenvalue weighted by molar-refractivity contribution is -0.142. The van der Waals surface area contributed by atoms with E-state index in [-0.39, 0.29) is 12.5 Å². The van der Waals surface area contributed by atoms with E-state index in [0.717, 1.165) is 0 Å². The average molecular weight is 339 g/mol. The van der Waals surface area contributed by atoms with E-state index in [2.05, 4.69) is 5.32 Å². The van der Waals surface area contributed by atoms with Crippen LogP contribution >= 0.6 is 0 Å². The maximum absolute atomic E-state index is 12.3. The molecule has 1 amide bonds. The molecule has 7 nitrogen and oxygen atoms in total. The second kappa shape index (κ2) is 9.00. The SMILES string of the molecule is COc1cc(C(=O)NCC(CC(C)C)C(=O)O)cc(OC)c1OC. The van der Waals surface area contributed by atoms with Crippen LogP contribution in [0, 0.1) is 11.8 Å². The first-order valence-electron chi connectivity index (χ1n) is 7.65. The molecule has 0 heterocycles. The molecule has 0 aromatic heterocycles. The molecule has 0 aliphatic heterocycles. The maximum Gasteiger partial charge on any atom is 0.308 e. The normalized spacial score (nSPS) is 11.8. The minimum atomic E-state index is -0.922. The van der Waals surface area contributed by atoms with E-state index in [9.17, 15) is 14.7 Å². The summed E-state index contributed by atoms with van der Waals surface area (Å²) in [5.41, 5.74) is 0.304. The van der Waals surface area contributed by atoms with Crippen LogP contribution in [0.15, 0.2) is 12.1 Å². The summed E-state index contributed by atoms with van der Waals surface area (Å²) < 4.78 is 15.6.